The van der Waals surface area contributed by atoms with Gasteiger partial charge in [-0.1, -0.05) is 29.3 Å². The Morgan fingerprint density at radius 1 is 1.24 bits per heavy atom. The molecule has 1 amide bonds. The van der Waals surface area contributed by atoms with E-state index in [0.29, 0.717) is 47.4 Å². The van der Waals surface area contributed by atoms with E-state index in [4.69, 9.17) is 37.4 Å². The monoisotopic (exact) mass is 511 g/mol. The minimum absolute atomic E-state index is 0.240. The summed E-state index contributed by atoms with van der Waals surface area (Å²) in [5.41, 5.74) is 1.18. The first kappa shape index (κ1) is 26.3. The fourth-order valence-electron chi connectivity index (χ4n) is 3.93. The van der Waals surface area contributed by atoms with Crippen molar-refractivity contribution in [2.45, 2.75) is 45.8 Å². The molecule has 3 rings (SSSR count). The van der Waals surface area contributed by atoms with E-state index in [1.165, 1.54) is 0 Å². The highest BCUT2D eigenvalue weighted by atomic mass is 35.5. The fraction of sp³-hybridized carbons (Fsp3) is 0.542. The van der Waals surface area contributed by atoms with Gasteiger partial charge in [0, 0.05) is 32.3 Å². The highest BCUT2D eigenvalue weighted by molar-refractivity contribution is 6.42. The van der Waals surface area contributed by atoms with Crippen LogP contribution in [0.2, 0.25) is 10.0 Å². The van der Waals surface area contributed by atoms with Crippen LogP contribution in [0.4, 0.5) is 4.79 Å². The lowest BCUT2D eigenvalue weighted by molar-refractivity contribution is 0.0230. The van der Waals surface area contributed by atoms with Crippen LogP contribution in [0, 0.1) is 5.92 Å². The number of amides is 1. The van der Waals surface area contributed by atoms with Gasteiger partial charge in [-0.2, -0.15) is 5.10 Å². The van der Waals surface area contributed by atoms with Gasteiger partial charge in [0.05, 0.1) is 35.1 Å². The number of hydrogen-bond donors (Lipinski definition) is 0. The van der Waals surface area contributed by atoms with E-state index < -0.39 is 23.8 Å². The lowest BCUT2D eigenvalue weighted by Gasteiger charge is -2.29. The van der Waals surface area contributed by atoms with E-state index in [2.05, 4.69) is 5.10 Å². The number of nitrogens with zero attached hydrogens (tertiary/aromatic N) is 3. The summed E-state index contributed by atoms with van der Waals surface area (Å²) in [6.07, 6.45) is 1.20. The molecule has 0 aliphatic carbocycles. The molecule has 2 aromatic rings. The number of benzene rings is 1. The SMILES string of the molecule is CCOC(=O)c1cn(C)nc1C[C@@H]1CN(C(=O)OC(C)(C)C)CCO[C@H]1c1ccc(Cl)c(Cl)c1. The van der Waals surface area contributed by atoms with Crippen LogP contribution < -0.4 is 0 Å². The molecule has 0 spiro atoms. The Balaban J connectivity index is 1.96. The number of hydrogen-bond acceptors (Lipinski definition) is 6. The summed E-state index contributed by atoms with van der Waals surface area (Å²) >= 11 is 12.4. The fourth-order valence-corrected chi connectivity index (χ4v) is 4.24. The maximum absolute atomic E-state index is 12.9. The second kappa shape index (κ2) is 11.0. The molecule has 34 heavy (non-hydrogen) atoms. The summed E-state index contributed by atoms with van der Waals surface area (Å²) in [4.78, 5) is 27.1. The zero-order valence-corrected chi connectivity index (χ0v) is 21.7. The number of esters is 1. The van der Waals surface area contributed by atoms with Crippen LogP contribution in [0.1, 0.15) is 55.4 Å². The van der Waals surface area contributed by atoms with Crippen molar-refractivity contribution in [2.75, 3.05) is 26.3 Å². The minimum atomic E-state index is -0.624. The Morgan fingerprint density at radius 3 is 2.62 bits per heavy atom. The molecule has 2 heterocycles. The van der Waals surface area contributed by atoms with Crippen molar-refractivity contribution >= 4 is 35.3 Å². The Morgan fingerprint density at radius 2 is 1.97 bits per heavy atom. The van der Waals surface area contributed by atoms with Crippen LogP contribution >= 0.6 is 23.2 Å². The third kappa shape index (κ3) is 6.64. The number of halogens is 2. The molecule has 1 aromatic heterocycles. The molecule has 1 aliphatic rings. The van der Waals surface area contributed by atoms with Crippen LogP contribution in [-0.2, 0) is 27.7 Å². The predicted octanol–water partition coefficient (Wildman–Crippen LogP) is 5.07. The van der Waals surface area contributed by atoms with Crippen LogP contribution in [0.25, 0.3) is 0 Å². The van der Waals surface area contributed by atoms with Crippen LogP contribution in [-0.4, -0.2) is 58.6 Å². The van der Waals surface area contributed by atoms with Gasteiger partial charge in [-0.05, 0) is 51.8 Å². The van der Waals surface area contributed by atoms with Crippen LogP contribution in [0.15, 0.2) is 24.4 Å². The summed E-state index contributed by atoms with van der Waals surface area (Å²) in [5, 5.41) is 5.37. The lowest BCUT2D eigenvalue weighted by Crippen LogP contribution is -2.40. The average molecular weight is 512 g/mol. The van der Waals surface area contributed by atoms with E-state index in [9.17, 15) is 9.59 Å². The third-order valence-corrected chi connectivity index (χ3v) is 6.06. The molecule has 1 saturated heterocycles. The highest BCUT2D eigenvalue weighted by Crippen LogP contribution is 2.35. The Hall–Kier alpha value is -2.29. The van der Waals surface area contributed by atoms with Gasteiger partial charge in [0.1, 0.15) is 11.2 Å². The van der Waals surface area contributed by atoms with E-state index >= 15 is 0 Å². The summed E-state index contributed by atoms with van der Waals surface area (Å²) in [6.45, 7) is 8.53. The lowest BCUT2D eigenvalue weighted by atomic mass is 9.90. The second-order valence-electron chi connectivity index (χ2n) is 9.24. The normalized spacial score (nSPS) is 19.0. The van der Waals surface area contributed by atoms with Crippen LogP contribution in [0.3, 0.4) is 0 Å². The maximum atomic E-state index is 12.9. The third-order valence-electron chi connectivity index (χ3n) is 5.32. The van der Waals surface area contributed by atoms with Crippen molar-refractivity contribution in [3.8, 4) is 0 Å². The first-order valence-corrected chi connectivity index (χ1v) is 12.0. The van der Waals surface area contributed by atoms with Gasteiger partial charge >= 0.3 is 12.1 Å². The standard InChI is InChI=1S/C24H31Cl2N3O5/c1-6-32-22(30)17-14-28(5)27-20(17)12-16-13-29(23(31)34-24(2,3)4)9-10-33-21(16)15-7-8-18(25)19(26)11-15/h7-8,11,14,16,21H,6,9-10,12-13H2,1-5H3/t16-,21+/m1/s1. The van der Waals surface area contributed by atoms with Gasteiger partial charge in [-0.15, -0.1) is 0 Å². The number of aryl methyl sites for hydroxylation is 1. The zero-order chi connectivity index (χ0) is 25.0. The molecule has 1 aliphatic heterocycles. The second-order valence-corrected chi connectivity index (χ2v) is 10.1. The molecule has 0 saturated carbocycles. The van der Waals surface area contributed by atoms with Crippen molar-refractivity contribution in [2.24, 2.45) is 13.0 Å². The topological polar surface area (TPSA) is 82.9 Å². The molecule has 186 valence electrons. The van der Waals surface area contributed by atoms with E-state index in [1.54, 1.807) is 41.9 Å². The Kier molecular flexibility index (Phi) is 8.49. The van der Waals surface area contributed by atoms with Crippen molar-refractivity contribution in [1.29, 1.82) is 0 Å². The van der Waals surface area contributed by atoms with Gasteiger partial charge in [0.25, 0.3) is 0 Å². The molecule has 0 N–H and O–H groups in total. The van der Waals surface area contributed by atoms with Crippen molar-refractivity contribution in [3.05, 3.63) is 51.3 Å². The van der Waals surface area contributed by atoms with Gasteiger partial charge in [-0.3, -0.25) is 4.68 Å². The first-order chi connectivity index (χ1) is 16.0. The highest BCUT2D eigenvalue weighted by Gasteiger charge is 2.35. The average Bonchev–Trinajstić information content (AvgIpc) is 2.97. The number of rotatable bonds is 5. The predicted molar refractivity (Wildman–Crippen MR) is 129 cm³/mol. The molecule has 2 atom stereocenters. The zero-order valence-electron chi connectivity index (χ0n) is 20.1. The smallest absolute Gasteiger partial charge is 0.410 e. The molecule has 0 unspecified atom stereocenters. The van der Waals surface area contributed by atoms with Gasteiger partial charge in [0.2, 0.25) is 0 Å². The maximum Gasteiger partial charge on any atom is 0.410 e. The summed E-state index contributed by atoms with van der Waals surface area (Å²) in [7, 11) is 1.75. The summed E-state index contributed by atoms with van der Waals surface area (Å²) in [5.74, 6) is -0.675. The molecule has 0 bridgehead atoms. The summed E-state index contributed by atoms with van der Waals surface area (Å²) in [6, 6.07) is 5.36. The largest absolute Gasteiger partial charge is 0.462 e. The molecule has 0 radical (unpaired) electrons. The number of carbonyl (C=O) groups is 2. The number of ether oxygens (including phenoxy) is 3. The van der Waals surface area contributed by atoms with E-state index in [0.717, 1.165) is 5.56 Å². The first-order valence-electron chi connectivity index (χ1n) is 11.2. The number of carbonyl (C=O) groups excluding carboxylic acids is 2. The molecule has 8 nitrogen and oxygen atoms in total. The van der Waals surface area contributed by atoms with Gasteiger partial charge in [0.15, 0.2) is 0 Å². The van der Waals surface area contributed by atoms with E-state index in [-0.39, 0.29) is 12.5 Å². The molecule has 1 aromatic carbocycles. The Bertz CT molecular complexity index is 1030. The van der Waals surface area contributed by atoms with Gasteiger partial charge in [-0.25, -0.2) is 9.59 Å². The summed E-state index contributed by atoms with van der Waals surface area (Å²) < 4.78 is 18.6. The van der Waals surface area contributed by atoms with Crippen molar-refractivity contribution < 1.29 is 23.8 Å². The Labute approximate surface area is 210 Å². The van der Waals surface area contributed by atoms with Crippen molar-refractivity contribution in [1.82, 2.24) is 14.7 Å². The number of aromatic nitrogens is 2. The van der Waals surface area contributed by atoms with Gasteiger partial charge < -0.3 is 19.1 Å². The quantitative estimate of drug-likeness (QED) is 0.521. The molecular formula is C24H31Cl2N3O5. The molecule has 10 heteroatoms. The molecule has 1 fully saturated rings. The van der Waals surface area contributed by atoms with E-state index in [1.807, 2.05) is 26.8 Å². The van der Waals surface area contributed by atoms with Crippen LogP contribution in [0.5, 0.6) is 0 Å². The van der Waals surface area contributed by atoms with Crippen molar-refractivity contribution in [3.63, 3.8) is 0 Å². The molecular weight excluding hydrogens is 481 g/mol. The minimum Gasteiger partial charge on any atom is -0.462 e.